The molecule has 0 heterocycles. The van der Waals surface area contributed by atoms with E-state index >= 15 is 0 Å². The van der Waals surface area contributed by atoms with Gasteiger partial charge >= 0.3 is 5.97 Å². The molecule has 1 atom stereocenters. The zero-order valence-electron chi connectivity index (χ0n) is 11.0. The summed E-state index contributed by atoms with van der Waals surface area (Å²) in [6.45, 7) is 1.67. The predicted octanol–water partition coefficient (Wildman–Crippen LogP) is 2.20. The fourth-order valence-electron chi connectivity index (χ4n) is 2.05. The molecule has 1 unspecified atom stereocenters. The third kappa shape index (κ3) is 3.72. The molecule has 6 heteroatoms. The van der Waals surface area contributed by atoms with Crippen LogP contribution in [0.25, 0.3) is 0 Å². The van der Waals surface area contributed by atoms with Crippen LogP contribution in [-0.4, -0.2) is 29.1 Å². The number of carboxylic acids is 1. The van der Waals surface area contributed by atoms with E-state index in [-0.39, 0.29) is 17.9 Å². The van der Waals surface area contributed by atoms with Gasteiger partial charge in [-0.15, -0.1) is 0 Å². The van der Waals surface area contributed by atoms with Crippen LogP contribution in [0.2, 0.25) is 0 Å². The highest BCUT2D eigenvalue weighted by molar-refractivity contribution is 9.10. The zero-order chi connectivity index (χ0) is 14.7. The van der Waals surface area contributed by atoms with Gasteiger partial charge in [-0.2, -0.15) is 0 Å². The molecule has 0 radical (unpaired) electrons. The molecule has 0 bridgehead atoms. The quantitative estimate of drug-likeness (QED) is 0.860. The van der Waals surface area contributed by atoms with Gasteiger partial charge < -0.3 is 15.2 Å². The summed E-state index contributed by atoms with van der Waals surface area (Å²) >= 11 is 3.33. The van der Waals surface area contributed by atoms with E-state index < -0.39 is 12.1 Å². The molecule has 0 aromatic heterocycles. The maximum absolute atomic E-state index is 11.9. The first-order valence-electron chi connectivity index (χ1n) is 6.41. The lowest BCUT2D eigenvalue weighted by molar-refractivity contribution is -0.146. The highest BCUT2D eigenvalue weighted by Gasteiger charge is 2.36. The number of halogens is 1. The predicted molar refractivity (Wildman–Crippen MR) is 76.5 cm³/mol. The molecule has 108 valence electrons. The van der Waals surface area contributed by atoms with Crippen molar-refractivity contribution in [2.75, 3.05) is 0 Å². The van der Waals surface area contributed by atoms with Gasteiger partial charge in [0.25, 0.3) is 5.91 Å². The maximum Gasteiger partial charge on any atom is 0.306 e. The molecule has 0 saturated heterocycles. The molecule has 1 amide bonds. The van der Waals surface area contributed by atoms with Gasteiger partial charge in [-0.05, 0) is 38.0 Å². The number of hydrogen-bond donors (Lipinski definition) is 2. The zero-order valence-corrected chi connectivity index (χ0v) is 12.6. The van der Waals surface area contributed by atoms with E-state index in [0.717, 1.165) is 4.47 Å². The summed E-state index contributed by atoms with van der Waals surface area (Å²) in [5.41, 5.74) is 0. The van der Waals surface area contributed by atoms with Gasteiger partial charge in [0.05, 0.1) is 5.92 Å². The van der Waals surface area contributed by atoms with Crippen LogP contribution in [0.3, 0.4) is 0 Å². The van der Waals surface area contributed by atoms with Crippen LogP contribution in [0, 0.1) is 5.92 Å². The van der Waals surface area contributed by atoms with Gasteiger partial charge in [0.1, 0.15) is 5.75 Å². The summed E-state index contributed by atoms with van der Waals surface area (Å²) in [5.74, 6) is -0.742. The van der Waals surface area contributed by atoms with Crippen molar-refractivity contribution < 1.29 is 19.4 Å². The first-order valence-corrected chi connectivity index (χ1v) is 7.20. The SMILES string of the molecule is CC(Oc1cccc(Br)c1)C(=O)NC1CC(C(=O)O)C1. The van der Waals surface area contributed by atoms with Crippen molar-refractivity contribution in [1.82, 2.24) is 5.32 Å². The third-order valence-corrected chi connectivity index (χ3v) is 3.81. The summed E-state index contributed by atoms with van der Waals surface area (Å²) in [4.78, 5) is 22.6. The number of ether oxygens (including phenoxy) is 1. The van der Waals surface area contributed by atoms with Crippen molar-refractivity contribution in [3.8, 4) is 5.75 Å². The van der Waals surface area contributed by atoms with Crippen LogP contribution in [-0.2, 0) is 9.59 Å². The molecule has 1 aliphatic carbocycles. The Morgan fingerprint density at radius 3 is 2.75 bits per heavy atom. The van der Waals surface area contributed by atoms with E-state index in [4.69, 9.17) is 9.84 Å². The molecule has 1 fully saturated rings. The normalized spacial score (nSPS) is 22.5. The molecule has 20 heavy (non-hydrogen) atoms. The van der Waals surface area contributed by atoms with Crippen molar-refractivity contribution in [1.29, 1.82) is 0 Å². The van der Waals surface area contributed by atoms with Gasteiger partial charge in [0, 0.05) is 10.5 Å². The lowest BCUT2D eigenvalue weighted by Crippen LogP contribution is -2.50. The minimum Gasteiger partial charge on any atom is -0.481 e. The first kappa shape index (κ1) is 14.8. The van der Waals surface area contributed by atoms with Gasteiger partial charge in [0.2, 0.25) is 0 Å². The number of carbonyl (C=O) groups is 2. The van der Waals surface area contributed by atoms with Crippen LogP contribution in [0.5, 0.6) is 5.75 Å². The van der Waals surface area contributed by atoms with Crippen LogP contribution in [0.1, 0.15) is 19.8 Å². The van der Waals surface area contributed by atoms with Crippen molar-refractivity contribution >= 4 is 27.8 Å². The van der Waals surface area contributed by atoms with Crippen molar-refractivity contribution in [3.05, 3.63) is 28.7 Å². The van der Waals surface area contributed by atoms with Crippen molar-refractivity contribution in [2.45, 2.75) is 31.9 Å². The molecular formula is C14H16BrNO4. The second kappa shape index (κ2) is 6.26. The number of benzene rings is 1. The molecule has 2 N–H and O–H groups in total. The molecule has 1 aromatic carbocycles. The number of nitrogens with one attached hydrogen (secondary N) is 1. The summed E-state index contributed by atoms with van der Waals surface area (Å²) in [6.07, 6.45) is 0.364. The van der Waals surface area contributed by atoms with Gasteiger partial charge in [-0.1, -0.05) is 22.0 Å². The van der Waals surface area contributed by atoms with Crippen LogP contribution >= 0.6 is 15.9 Å². The van der Waals surface area contributed by atoms with E-state index in [1.807, 2.05) is 12.1 Å². The fourth-order valence-corrected chi connectivity index (χ4v) is 2.43. The molecule has 0 spiro atoms. The lowest BCUT2D eigenvalue weighted by atomic mass is 9.80. The Hall–Kier alpha value is -1.56. The molecule has 1 aromatic rings. The third-order valence-electron chi connectivity index (χ3n) is 3.31. The van der Waals surface area contributed by atoms with Gasteiger partial charge in [0.15, 0.2) is 6.10 Å². The smallest absolute Gasteiger partial charge is 0.306 e. The highest BCUT2D eigenvalue weighted by Crippen LogP contribution is 2.27. The maximum atomic E-state index is 11.9. The summed E-state index contributed by atoms with van der Waals surface area (Å²) < 4.78 is 6.42. The number of carbonyl (C=O) groups excluding carboxylic acids is 1. The fraction of sp³-hybridized carbons (Fsp3) is 0.429. The second-order valence-electron chi connectivity index (χ2n) is 4.93. The lowest BCUT2D eigenvalue weighted by Gasteiger charge is -2.33. The van der Waals surface area contributed by atoms with Gasteiger partial charge in [-0.25, -0.2) is 0 Å². The Kier molecular flexibility index (Phi) is 4.65. The molecular weight excluding hydrogens is 326 g/mol. The topological polar surface area (TPSA) is 75.6 Å². The van der Waals surface area contributed by atoms with E-state index in [9.17, 15) is 9.59 Å². The number of amides is 1. The van der Waals surface area contributed by atoms with Crippen LogP contribution in [0.4, 0.5) is 0 Å². The van der Waals surface area contributed by atoms with Crippen molar-refractivity contribution in [2.24, 2.45) is 5.92 Å². The average molecular weight is 342 g/mol. The van der Waals surface area contributed by atoms with Gasteiger partial charge in [-0.3, -0.25) is 9.59 Å². The molecule has 2 rings (SSSR count). The Balaban J connectivity index is 1.80. The Labute approximate surface area is 125 Å². The number of aliphatic carboxylic acids is 1. The highest BCUT2D eigenvalue weighted by atomic mass is 79.9. The van der Waals surface area contributed by atoms with E-state index in [2.05, 4.69) is 21.2 Å². The standard InChI is InChI=1S/C14H16BrNO4/c1-8(20-12-4-2-3-10(15)7-12)13(17)16-11-5-9(6-11)14(18)19/h2-4,7-9,11H,5-6H2,1H3,(H,16,17)(H,18,19). The molecule has 1 aliphatic rings. The monoisotopic (exact) mass is 341 g/mol. The Bertz CT molecular complexity index is 514. The summed E-state index contributed by atoms with van der Waals surface area (Å²) in [7, 11) is 0. The molecule has 1 saturated carbocycles. The van der Waals surface area contributed by atoms with E-state index in [1.165, 1.54) is 0 Å². The first-order chi connectivity index (χ1) is 9.45. The second-order valence-corrected chi connectivity index (χ2v) is 5.85. The van der Waals surface area contributed by atoms with Crippen molar-refractivity contribution in [3.63, 3.8) is 0 Å². The van der Waals surface area contributed by atoms with E-state index in [1.54, 1.807) is 19.1 Å². The number of carboxylic acid groups (broad SMARTS) is 1. The van der Waals surface area contributed by atoms with Crippen LogP contribution < -0.4 is 10.1 Å². The average Bonchev–Trinajstić information content (AvgIpc) is 2.32. The number of hydrogen-bond acceptors (Lipinski definition) is 3. The minimum atomic E-state index is -0.797. The molecule has 5 nitrogen and oxygen atoms in total. The largest absolute Gasteiger partial charge is 0.481 e. The Morgan fingerprint density at radius 2 is 2.15 bits per heavy atom. The molecule has 0 aliphatic heterocycles. The summed E-state index contributed by atoms with van der Waals surface area (Å²) in [6, 6.07) is 7.20. The minimum absolute atomic E-state index is 0.0582. The van der Waals surface area contributed by atoms with E-state index in [0.29, 0.717) is 18.6 Å². The Morgan fingerprint density at radius 1 is 1.45 bits per heavy atom. The summed E-state index contributed by atoms with van der Waals surface area (Å²) in [5, 5.41) is 11.6. The van der Waals surface area contributed by atoms with Crippen LogP contribution in [0.15, 0.2) is 28.7 Å². The number of rotatable bonds is 5.